The van der Waals surface area contributed by atoms with E-state index in [2.05, 4.69) is 10.0 Å². The lowest BCUT2D eigenvalue weighted by Crippen LogP contribution is -2.35. The van der Waals surface area contributed by atoms with Gasteiger partial charge in [0.1, 0.15) is 5.75 Å². The van der Waals surface area contributed by atoms with E-state index < -0.39 is 32.0 Å². The Bertz CT molecular complexity index is 406. The molecule has 0 aromatic rings. The molecular weight excluding hydrogens is 230 g/mol. The zero-order valence-electron chi connectivity index (χ0n) is 9.97. The van der Waals surface area contributed by atoms with Gasteiger partial charge in [-0.1, -0.05) is 19.0 Å². The van der Waals surface area contributed by atoms with Gasteiger partial charge in [0, 0.05) is 16.9 Å². The molecule has 0 saturated heterocycles. The first kappa shape index (κ1) is 14.9. The zero-order valence-corrected chi connectivity index (χ0v) is 10.8. The van der Waals surface area contributed by atoms with Crippen LogP contribution in [0.1, 0.15) is 27.7 Å². The van der Waals surface area contributed by atoms with Crippen LogP contribution in [-0.2, 0) is 14.6 Å². The predicted molar refractivity (Wildman–Crippen MR) is 61.7 cm³/mol. The van der Waals surface area contributed by atoms with Crippen molar-refractivity contribution in [1.29, 1.82) is 0 Å². The number of hydrogen-bond acceptors (Lipinski definition) is 4. The van der Waals surface area contributed by atoms with Crippen LogP contribution >= 0.6 is 0 Å². The molecule has 6 nitrogen and oxygen atoms in total. The summed E-state index contributed by atoms with van der Waals surface area (Å²) < 4.78 is 23.1. The average molecular weight is 247 g/mol. The number of hydrogen-bond donors (Lipinski definition) is 0. The molecule has 0 saturated carbocycles. The van der Waals surface area contributed by atoms with Crippen LogP contribution in [0.5, 0.6) is 0 Å². The van der Waals surface area contributed by atoms with E-state index in [1.54, 1.807) is 13.8 Å². The summed E-state index contributed by atoms with van der Waals surface area (Å²) in [6.07, 6.45) is 0. The van der Waals surface area contributed by atoms with Gasteiger partial charge in [-0.25, -0.2) is 8.42 Å². The first-order valence-corrected chi connectivity index (χ1v) is 6.61. The van der Waals surface area contributed by atoms with Gasteiger partial charge in [-0.15, -0.1) is 0 Å². The summed E-state index contributed by atoms with van der Waals surface area (Å²) in [5.74, 6) is -0.924. The van der Waals surface area contributed by atoms with E-state index >= 15 is 0 Å². The Balaban J connectivity index is 4.77. The van der Waals surface area contributed by atoms with Crippen molar-refractivity contribution < 1.29 is 13.2 Å². The molecule has 0 heterocycles. The van der Waals surface area contributed by atoms with Gasteiger partial charge >= 0.3 is 0 Å². The molecule has 0 fully saturated rings. The molecule has 0 aromatic heterocycles. The number of rotatable bonds is 6. The maximum atomic E-state index is 11.7. The molecule has 0 spiro atoms. The lowest BCUT2D eigenvalue weighted by molar-refractivity contribution is -0.124. The van der Waals surface area contributed by atoms with Crippen LogP contribution in [0.2, 0.25) is 0 Å². The fourth-order valence-electron chi connectivity index (χ4n) is 0.841. The fraction of sp³-hybridized carbons (Fsp3) is 0.889. The van der Waals surface area contributed by atoms with Crippen LogP contribution in [-0.4, -0.2) is 31.7 Å². The maximum absolute atomic E-state index is 11.7. The number of carbonyl (C=O) groups excluding carboxylic acids is 1. The Morgan fingerprint density at radius 3 is 2.31 bits per heavy atom. The molecule has 0 aromatic carbocycles. The number of Topliss-reactive ketones (excluding diaryl/α,β-unsaturated/α-hetero) is 1. The molecule has 0 rings (SSSR count). The van der Waals surface area contributed by atoms with Crippen molar-refractivity contribution in [2.75, 3.05) is 12.3 Å². The molecule has 92 valence electrons. The molecular formula is C9H17N3O3S. The van der Waals surface area contributed by atoms with Gasteiger partial charge in [-0.2, -0.15) is 0 Å². The van der Waals surface area contributed by atoms with E-state index in [9.17, 15) is 13.2 Å². The Hall–Kier alpha value is -1.07. The minimum Gasteiger partial charge on any atom is -0.298 e. The molecule has 0 unspecified atom stereocenters. The molecule has 7 heteroatoms. The minimum absolute atomic E-state index is 0.0318. The number of azide groups is 1. The standard InChI is InChI=1S/C9H17N3O3S/c1-7(2)16(14,15)5-8(13)9(3,4)6-11-12-10/h7H,5-6H2,1-4H3. The molecule has 16 heavy (non-hydrogen) atoms. The van der Waals surface area contributed by atoms with Gasteiger partial charge < -0.3 is 0 Å². The van der Waals surface area contributed by atoms with Crippen LogP contribution in [0.25, 0.3) is 10.4 Å². The first-order chi connectivity index (χ1) is 7.13. The number of sulfone groups is 1. The Labute approximate surface area is 95.6 Å². The van der Waals surface area contributed by atoms with Gasteiger partial charge in [0.2, 0.25) is 0 Å². The number of nitrogens with zero attached hydrogens (tertiary/aromatic N) is 3. The highest BCUT2D eigenvalue weighted by molar-refractivity contribution is 7.92. The van der Waals surface area contributed by atoms with Crippen LogP contribution < -0.4 is 0 Å². The zero-order chi connectivity index (χ0) is 13.0. The van der Waals surface area contributed by atoms with Gasteiger partial charge in [0.25, 0.3) is 0 Å². The second kappa shape index (κ2) is 5.32. The molecule has 0 N–H and O–H groups in total. The predicted octanol–water partition coefficient (Wildman–Crippen LogP) is 1.72. The van der Waals surface area contributed by atoms with Crippen molar-refractivity contribution in [3.05, 3.63) is 10.4 Å². The van der Waals surface area contributed by atoms with Gasteiger partial charge in [0.15, 0.2) is 15.6 Å². The minimum atomic E-state index is -3.39. The van der Waals surface area contributed by atoms with Gasteiger partial charge in [-0.3, -0.25) is 4.79 Å². The topological polar surface area (TPSA) is 100.0 Å². The normalized spacial score (nSPS) is 12.3. The third-order valence-electron chi connectivity index (χ3n) is 2.33. The van der Waals surface area contributed by atoms with Crippen LogP contribution in [0.4, 0.5) is 0 Å². The van der Waals surface area contributed by atoms with E-state index in [4.69, 9.17) is 5.53 Å². The largest absolute Gasteiger partial charge is 0.298 e. The van der Waals surface area contributed by atoms with E-state index in [0.29, 0.717) is 0 Å². The highest BCUT2D eigenvalue weighted by atomic mass is 32.2. The van der Waals surface area contributed by atoms with E-state index in [0.717, 1.165) is 0 Å². The SMILES string of the molecule is CC(C)S(=O)(=O)CC(=O)C(C)(C)CN=[N+]=[N-]. The molecule has 0 aliphatic carbocycles. The smallest absolute Gasteiger partial charge is 0.159 e. The highest BCUT2D eigenvalue weighted by Crippen LogP contribution is 2.19. The number of carbonyl (C=O) groups is 1. The quantitative estimate of drug-likeness (QED) is 0.405. The monoisotopic (exact) mass is 247 g/mol. The molecule has 0 atom stereocenters. The third-order valence-corrected chi connectivity index (χ3v) is 4.44. The van der Waals surface area contributed by atoms with Crippen LogP contribution in [0.3, 0.4) is 0 Å². The van der Waals surface area contributed by atoms with Crippen molar-refractivity contribution in [1.82, 2.24) is 0 Å². The second-order valence-corrected chi connectivity index (χ2v) is 7.11. The van der Waals surface area contributed by atoms with Crippen molar-refractivity contribution >= 4 is 15.6 Å². The van der Waals surface area contributed by atoms with Crippen molar-refractivity contribution in [3.8, 4) is 0 Å². The lowest BCUT2D eigenvalue weighted by Gasteiger charge is -2.20. The average Bonchev–Trinajstić information content (AvgIpc) is 2.13. The summed E-state index contributed by atoms with van der Waals surface area (Å²) in [5.41, 5.74) is 7.22. The maximum Gasteiger partial charge on any atom is 0.159 e. The molecule has 0 bridgehead atoms. The van der Waals surface area contributed by atoms with E-state index in [1.165, 1.54) is 13.8 Å². The first-order valence-electron chi connectivity index (χ1n) is 4.89. The third kappa shape index (κ3) is 4.20. The summed E-state index contributed by atoms with van der Waals surface area (Å²) in [4.78, 5) is 14.3. The van der Waals surface area contributed by atoms with Crippen molar-refractivity contribution in [2.24, 2.45) is 10.5 Å². The van der Waals surface area contributed by atoms with Gasteiger partial charge in [0.05, 0.1) is 5.25 Å². The summed E-state index contributed by atoms with van der Waals surface area (Å²) in [6, 6.07) is 0. The molecule has 0 radical (unpaired) electrons. The molecule has 0 amide bonds. The lowest BCUT2D eigenvalue weighted by atomic mass is 9.89. The van der Waals surface area contributed by atoms with Crippen LogP contribution in [0.15, 0.2) is 5.11 Å². The Morgan fingerprint density at radius 2 is 1.94 bits per heavy atom. The van der Waals surface area contributed by atoms with Crippen molar-refractivity contribution in [2.45, 2.75) is 32.9 Å². The molecule has 0 aliphatic rings. The summed E-state index contributed by atoms with van der Waals surface area (Å²) in [7, 11) is -3.39. The highest BCUT2D eigenvalue weighted by Gasteiger charge is 2.31. The van der Waals surface area contributed by atoms with E-state index in [-0.39, 0.29) is 6.54 Å². The summed E-state index contributed by atoms with van der Waals surface area (Å²) >= 11 is 0. The van der Waals surface area contributed by atoms with Crippen LogP contribution in [0, 0.1) is 5.41 Å². The van der Waals surface area contributed by atoms with Gasteiger partial charge in [-0.05, 0) is 19.4 Å². The second-order valence-electron chi connectivity index (χ2n) is 4.55. The Kier molecular flexibility index (Phi) is 4.96. The van der Waals surface area contributed by atoms with Crippen molar-refractivity contribution in [3.63, 3.8) is 0 Å². The van der Waals surface area contributed by atoms with E-state index in [1.807, 2.05) is 0 Å². The fourth-order valence-corrected chi connectivity index (χ4v) is 1.93. The summed E-state index contributed by atoms with van der Waals surface area (Å²) in [6.45, 7) is 6.17. The number of ketones is 1. The summed E-state index contributed by atoms with van der Waals surface area (Å²) in [5, 5.41) is 2.73. The molecule has 0 aliphatic heterocycles. The Morgan fingerprint density at radius 1 is 1.44 bits per heavy atom.